The van der Waals surface area contributed by atoms with Crippen LogP contribution in [-0.4, -0.2) is 15.8 Å². The number of aromatic nitrogens is 1. The smallest absolute Gasteiger partial charge is 0.0691 e. The Balaban J connectivity index is 2.12. The monoisotopic (exact) mass is 227 g/mol. The average molecular weight is 227 g/mol. The van der Waals surface area contributed by atoms with Gasteiger partial charge in [-0.2, -0.15) is 0 Å². The van der Waals surface area contributed by atoms with Crippen LogP contribution in [-0.2, 0) is 13.0 Å². The maximum atomic E-state index is 9.54. The van der Waals surface area contributed by atoms with Gasteiger partial charge in [-0.15, -0.1) is 0 Å². The van der Waals surface area contributed by atoms with Crippen molar-refractivity contribution in [3.05, 3.63) is 47.2 Å². The van der Waals surface area contributed by atoms with Gasteiger partial charge in [0.1, 0.15) is 0 Å². The maximum Gasteiger partial charge on any atom is 0.0691 e. The lowest BCUT2D eigenvalue weighted by Gasteiger charge is -2.11. The van der Waals surface area contributed by atoms with Gasteiger partial charge in [-0.1, -0.05) is 17.7 Å². The Labute approximate surface area is 102 Å². The molecule has 0 fully saturated rings. The van der Waals surface area contributed by atoms with Crippen molar-refractivity contribution in [2.24, 2.45) is 0 Å². The molecule has 2 heteroatoms. The zero-order valence-electron chi connectivity index (χ0n) is 10.3. The van der Waals surface area contributed by atoms with Crippen molar-refractivity contribution in [1.29, 1.82) is 0 Å². The molecule has 0 bridgehead atoms. The van der Waals surface area contributed by atoms with Crippen LogP contribution in [0.4, 0.5) is 0 Å². The van der Waals surface area contributed by atoms with E-state index in [-0.39, 0.29) is 6.10 Å². The largest absolute Gasteiger partial charge is 0.392 e. The number of aryl methyl sites for hydroxylation is 1. The lowest BCUT2D eigenvalue weighted by molar-refractivity contribution is 0.174. The number of aliphatic hydroxyl groups is 1. The molecule has 3 rings (SSSR count). The Hall–Kier alpha value is -1.54. The van der Waals surface area contributed by atoms with E-state index >= 15 is 0 Å². The Morgan fingerprint density at radius 2 is 2.12 bits per heavy atom. The van der Waals surface area contributed by atoms with Crippen LogP contribution in [0.15, 0.2) is 30.5 Å². The minimum atomic E-state index is -0.305. The van der Waals surface area contributed by atoms with Gasteiger partial charge in [0.25, 0.3) is 0 Å². The summed E-state index contributed by atoms with van der Waals surface area (Å²) in [5, 5.41) is 9.54. The van der Waals surface area contributed by atoms with Crippen LogP contribution >= 0.6 is 0 Å². The van der Waals surface area contributed by atoms with Gasteiger partial charge in [0.15, 0.2) is 0 Å². The molecular formula is C15H17NO. The van der Waals surface area contributed by atoms with Gasteiger partial charge in [-0.3, -0.25) is 0 Å². The van der Waals surface area contributed by atoms with E-state index < -0.39 is 0 Å². The van der Waals surface area contributed by atoms with Gasteiger partial charge in [0, 0.05) is 24.7 Å². The lowest BCUT2D eigenvalue weighted by atomic mass is 10.1. The van der Waals surface area contributed by atoms with E-state index in [1.54, 1.807) is 0 Å². The first-order valence-corrected chi connectivity index (χ1v) is 6.11. The first kappa shape index (κ1) is 10.6. The lowest BCUT2D eigenvalue weighted by Crippen LogP contribution is -2.11. The summed E-state index contributed by atoms with van der Waals surface area (Å²) in [5.74, 6) is 0. The first-order valence-electron chi connectivity index (χ1n) is 6.11. The Morgan fingerprint density at radius 3 is 2.88 bits per heavy atom. The van der Waals surface area contributed by atoms with Crippen molar-refractivity contribution < 1.29 is 5.11 Å². The summed E-state index contributed by atoms with van der Waals surface area (Å²) in [6.07, 6.45) is 2.81. The third-order valence-electron chi connectivity index (χ3n) is 3.41. The van der Waals surface area contributed by atoms with Crippen LogP contribution < -0.4 is 0 Å². The molecule has 1 aliphatic carbocycles. The molecule has 0 radical (unpaired) electrons. The predicted molar refractivity (Wildman–Crippen MR) is 69.1 cm³/mol. The summed E-state index contributed by atoms with van der Waals surface area (Å²) in [7, 11) is 0. The predicted octanol–water partition coefficient (Wildman–Crippen LogP) is 2.75. The van der Waals surface area contributed by atoms with Crippen molar-refractivity contribution >= 4 is 0 Å². The number of hydrogen-bond donors (Lipinski definition) is 1. The molecule has 0 amide bonds. The second-order valence-corrected chi connectivity index (χ2v) is 5.03. The highest BCUT2D eigenvalue weighted by molar-refractivity contribution is 5.75. The number of hydrogen-bond acceptors (Lipinski definition) is 1. The van der Waals surface area contributed by atoms with E-state index in [4.69, 9.17) is 0 Å². The molecule has 1 aromatic carbocycles. The Bertz CT molecular complexity index is 566. The van der Waals surface area contributed by atoms with Gasteiger partial charge in [0.2, 0.25) is 0 Å². The van der Waals surface area contributed by atoms with Gasteiger partial charge in [-0.05, 0) is 37.1 Å². The molecule has 17 heavy (non-hydrogen) atoms. The van der Waals surface area contributed by atoms with Gasteiger partial charge in [0.05, 0.1) is 11.8 Å². The summed E-state index contributed by atoms with van der Waals surface area (Å²) in [6, 6.07) is 8.81. The number of rotatable bonds is 2. The number of benzene rings is 1. The van der Waals surface area contributed by atoms with Gasteiger partial charge in [-0.25, -0.2) is 0 Å². The zero-order valence-corrected chi connectivity index (χ0v) is 10.3. The van der Waals surface area contributed by atoms with E-state index in [0.717, 1.165) is 6.42 Å². The molecule has 0 unspecified atom stereocenters. The minimum Gasteiger partial charge on any atom is -0.392 e. The van der Waals surface area contributed by atoms with E-state index in [9.17, 15) is 5.11 Å². The third kappa shape index (κ3) is 1.69. The van der Waals surface area contributed by atoms with E-state index in [0.29, 0.717) is 6.54 Å². The zero-order chi connectivity index (χ0) is 12.0. The summed E-state index contributed by atoms with van der Waals surface area (Å²) < 4.78 is 2.17. The Kier molecular flexibility index (Phi) is 2.33. The van der Waals surface area contributed by atoms with Crippen LogP contribution in [0.3, 0.4) is 0 Å². The van der Waals surface area contributed by atoms with E-state index in [2.05, 4.69) is 42.0 Å². The van der Waals surface area contributed by atoms with Crippen LogP contribution in [0.25, 0.3) is 11.3 Å². The molecule has 2 aromatic rings. The van der Waals surface area contributed by atoms with Crippen molar-refractivity contribution in [2.45, 2.75) is 32.9 Å². The van der Waals surface area contributed by atoms with Crippen LogP contribution in [0.1, 0.15) is 23.6 Å². The molecule has 0 saturated heterocycles. The quantitative estimate of drug-likeness (QED) is 0.715. The molecule has 1 atom stereocenters. The molecule has 0 saturated carbocycles. The molecule has 1 aliphatic rings. The number of fused-ring (bicyclic) bond motifs is 3. The number of nitrogens with zero attached hydrogens (tertiary/aromatic N) is 1. The summed E-state index contributed by atoms with van der Waals surface area (Å²) in [6.45, 7) is 4.63. The maximum absolute atomic E-state index is 9.54. The summed E-state index contributed by atoms with van der Waals surface area (Å²) in [5.41, 5.74) is 6.71. The highest BCUT2D eigenvalue weighted by atomic mass is 16.3. The van der Waals surface area contributed by atoms with Crippen molar-refractivity contribution in [1.82, 2.24) is 4.57 Å². The Morgan fingerprint density at radius 1 is 1.29 bits per heavy atom. The van der Waals surface area contributed by atoms with E-state index in [1.807, 2.05) is 6.92 Å². The topological polar surface area (TPSA) is 25.2 Å². The average Bonchev–Trinajstić information content (AvgIpc) is 2.78. The number of aliphatic hydroxyl groups excluding tert-OH is 1. The SMILES string of the molecule is Cc1ccc2c(c1)-c1c(ccn1C[C@H](C)O)C2. The molecule has 1 N–H and O–H groups in total. The fourth-order valence-corrected chi connectivity index (χ4v) is 2.70. The molecule has 1 aromatic heterocycles. The van der Waals surface area contributed by atoms with Crippen molar-refractivity contribution in [2.75, 3.05) is 0 Å². The molecular weight excluding hydrogens is 210 g/mol. The second kappa shape index (κ2) is 3.74. The fraction of sp³-hybridized carbons (Fsp3) is 0.333. The molecule has 88 valence electrons. The molecule has 1 heterocycles. The van der Waals surface area contributed by atoms with E-state index in [1.165, 1.54) is 27.9 Å². The van der Waals surface area contributed by atoms with Gasteiger partial charge < -0.3 is 9.67 Å². The van der Waals surface area contributed by atoms with Crippen molar-refractivity contribution in [3.63, 3.8) is 0 Å². The third-order valence-corrected chi connectivity index (χ3v) is 3.41. The van der Waals surface area contributed by atoms with Crippen molar-refractivity contribution in [3.8, 4) is 11.3 Å². The summed E-state index contributed by atoms with van der Waals surface area (Å²) >= 11 is 0. The minimum absolute atomic E-state index is 0.305. The van der Waals surface area contributed by atoms with Crippen LogP contribution in [0.2, 0.25) is 0 Å². The molecule has 0 aliphatic heterocycles. The highest BCUT2D eigenvalue weighted by Crippen LogP contribution is 2.37. The van der Waals surface area contributed by atoms with Crippen LogP contribution in [0.5, 0.6) is 0 Å². The van der Waals surface area contributed by atoms with Crippen LogP contribution in [0, 0.1) is 6.92 Å². The normalized spacial score (nSPS) is 14.5. The molecule has 2 nitrogen and oxygen atoms in total. The first-order chi connectivity index (χ1) is 8.15. The fourth-order valence-electron chi connectivity index (χ4n) is 2.70. The summed E-state index contributed by atoms with van der Waals surface area (Å²) in [4.78, 5) is 0. The standard InChI is InChI=1S/C15H17NO/c1-10-3-4-12-8-13-5-6-16(9-11(2)17)15(13)14(12)7-10/h3-7,11,17H,8-9H2,1-2H3/t11-/m0/s1. The molecule has 0 spiro atoms. The second-order valence-electron chi connectivity index (χ2n) is 5.03. The van der Waals surface area contributed by atoms with Gasteiger partial charge >= 0.3 is 0 Å². The highest BCUT2D eigenvalue weighted by Gasteiger charge is 2.22.